The van der Waals surface area contributed by atoms with Crippen molar-refractivity contribution in [2.75, 3.05) is 51.8 Å². The molecule has 0 bridgehead atoms. The first-order valence-corrected chi connectivity index (χ1v) is 7.79. The number of carbonyl (C=O) groups excluding carboxylic acids is 1. The third kappa shape index (κ3) is 7.90. The number of hydrogen-bond acceptors (Lipinski definition) is 5. The number of hydrogen-bond donors (Lipinski definition) is 2. The van der Waals surface area contributed by atoms with Crippen LogP contribution in [-0.4, -0.2) is 62.6 Å². The summed E-state index contributed by atoms with van der Waals surface area (Å²) in [4.78, 5) is 14.0. The van der Waals surface area contributed by atoms with Gasteiger partial charge in [-0.1, -0.05) is 0 Å². The van der Waals surface area contributed by atoms with Gasteiger partial charge in [0.2, 0.25) is 0 Å². The molecular formula is C14H23ClN4O2. The molecule has 1 aliphatic heterocycles. The molecule has 0 unspecified atom stereocenters. The molecule has 1 saturated heterocycles. The van der Waals surface area contributed by atoms with Crippen LogP contribution < -0.4 is 10.6 Å². The van der Waals surface area contributed by atoms with Gasteiger partial charge in [0.25, 0.3) is 5.91 Å². The maximum absolute atomic E-state index is 11.7. The van der Waals surface area contributed by atoms with E-state index in [1.165, 1.54) is 6.20 Å². The Hall–Kier alpha value is -1.29. The maximum atomic E-state index is 11.7. The SMILES string of the molecule is N#C/C(=C/NCCCN1CCOCC1)C(=O)NCCCCl. The largest absolute Gasteiger partial charge is 0.390 e. The molecule has 6 nitrogen and oxygen atoms in total. The molecule has 0 aromatic heterocycles. The highest BCUT2D eigenvalue weighted by atomic mass is 35.5. The van der Waals surface area contributed by atoms with Gasteiger partial charge in [-0.25, -0.2) is 0 Å². The quantitative estimate of drug-likeness (QED) is 0.280. The number of nitriles is 1. The third-order valence-electron chi connectivity index (χ3n) is 3.11. The molecule has 118 valence electrons. The number of amides is 1. The van der Waals surface area contributed by atoms with Crippen LogP contribution in [0.3, 0.4) is 0 Å². The molecule has 21 heavy (non-hydrogen) atoms. The molecule has 1 rings (SSSR count). The Labute approximate surface area is 131 Å². The molecule has 1 heterocycles. The number of ether oxygens (including phenoxy) is 1. The second-order valence-electron chi connectivity index (χ2n) is 4.73. The topological polar surface area (TPSA) is 77.4 Å². The van der Waals surface area contributed by atoms with Crippen LogP contribution in [0.15, 0.2) is 11.8 Å². The zero-order valence-corrected chi connectivity index (χ0v) is 13.0. The van der Waals surface area contributed by atoms with Crippen molar-refractivity contribution in [1.82, 2.24) is 15.5 Å². The van der Waals surface area contributed by atoms with Gasteiger partial charge in [-0.15, -0.1) is 11.6 Å². The van der Waals surface area contributed by atoms with Crippen molar-refractivity contribution in [3.8, 4) is 6.07 Å². The van der Waals surface area contributed by atoms with E-state index in [4.69, 9.17) is 21.6 Å². The lowest BCUT2D eigenvalue weighted by molar-refractivity contribution is -0.117. The molecule has 0 aliphatic carbocycles. The summed E-state index contributed by atoms with van der Waals surface area (Å²) in [7, 11) is 0. The summed E-state index contributed by atoms with van der Waals surface area (Å²) in [5, 5.41) is 14.6. The van der Waals surface area contributed by atoms with Gasteiger partial charge >= 0.3 is 0 Å². The summed E-state index contributed by atoms with van der Waals surface area (Å²) in [6.45, 7) is 5.76. The summed E-state index contributed by atoms with van der Waals surface area (Å²) in [6.07, 6.45) is 3.14. The Kier molecular flexibility index (Phi) is 9.62. The van der Waals surface area contributed by atoms with Gasteiger partial charge in [-0.2, -0.15) is 5.26 Å². The fraction of sp³-hybridized carbons (Fsp3) is 0.714. The Balaban J connectivity index is 2.16. The minimum atomic E-state index is -0.358. The second kappa shape index (κ2) is 11.4. The Morgan fingerprint density at radius 1 is 1.33 bits per heavy atom. The summed E-state index contributed by atoms with van der Waals surface area (Å²) in [5.74, 6) is 0.134. The van der Waals surface area contributed by atoms with Gasteiger partial charge in [0.05, 0.1) is 13.2 Å². The van der Waals surface area contributed by atoms with Gasteiger partial charge in [0.15, 0.2) is 0 Å². The first kappa shape index (κ1) is 17.8. The standard InChI is InChI=1S/C14H23ClN4O2/c15-3-1-5-18-14(20)13(11-16)12-17-4-2-6-19-7-9-21-10-8-19/h12,17H,1-10H2,(H,18,20)/b13-12-. The number of carbonyl (C=O) groups is 1. The van der Waals surface area contributed by atoms with E-state index in [2.05, 4.69) is 15.5 Å². The molecule has 0 aromatic carbocycles. The second-order valence-corrected chi connectivity index (χ2v) is 5.11. The van der Waals surface area contributed by atoms with E-state index in [-0.39, 0.29) is 11.5 Å². The van der Waals surface area contributed by atoms with Crippen LogP contribution in [0.2, 0.25) is 0 Å². The predicted octanol–water partition coefficient (Wildman–Crippen LogP) is 0.451. The number of nitrogens with one attached hydrogen (secondary N) is 2. The number of alkyl halides is 1. The highest BCUT2D eigenvalue weighted by molar-refractivity contribution is 6.17. The van der Waals surface area contributed by atoms with Crippen LogP contribution >= 0.6 is 11.6 Å². The molecule has 2 N–H and O–H groups in total. The van der Waals surface area contributed by atoms with Crippen LogP contribution in [0, 0.1) is 11.3 Å². The van der Waals surface area contributed by atoms with Crippen molar-refractivity contribution in [3.05, 3.63) is 11.8 Å². The number of nitrogens with zero attached hydrogens (tertiary/aromatic N) is 2. The van der Waals surface area contributed by atoms with E-state index in [9.17, 15) is 4.79 Å². The monoisotopic (exact) mass is 314 g/mol. The Morgan fingerprint density at radius 3 is 2.76 bits per heavy atom. The average Bonchev–Trinajstić information content (AvgIpc) is 2.52. The minimum absolute atomic E-state index is 0.0935. The third-order valence-corrected chi connectivity index (χ3v) is 3.37. The molecular weight excluding hydrogens is 292 g/mol. The van der Waals surface area contributed by atoms with Crippen molar-refractivity contribution >= 4 is 17.5 Å². The molecule has 0 saturated carbocycles. The van der Waals surface area contributed by atoms with E-state index in [1.807, 2.05) is 6.07 Å². The molecule has 0 radical (unpaired) electrons. The number of halogens is 1. The molecule has 0 spiro atoms. The minimum Gasteiger partial charge on any atom is -0.390 e. The van der Waals surface area contributed by atoms with Gasteiger partial charge in [-0.05, 0) is 19.4 Å². The van der Waals surface area contributed by atoms with E-state index >= 15 is 0 Å². The average molecular weight is 315 g/mol. The fourth-order valence-corrected chi connectivity index (χ4v) is 2.05. The summed E-state index contributed by atoms with van der Waals surface area (Å²) in [5.41, 5.74) is 0.0935. The van der Waals surface area contributed by atoms with E-state index in [0.717, 1.165) is 45.8 Å². The van der Waals surface area contributed by atoms with Crippen LogP contribution in [0.1, 0.15) is 12.8 Å². The lowest BCUT2D eigenvalue weighted by Gasteiger charge is -2.26. The zero-order chi connectivity index (χ0) is 15.3. The molecule has 1 amide bonds. The normalized spacial score (nSPS) is 16.3. The van der Waals surface area contributed by atoms with Crippen LogP contribution in [0.4, 0.5) is 0 Å². The number of rotatable bonds is 9. The summed E-state index contributed by atoms with van der Waals surface area (Å²) < 4.78 is 5.28. The van der Waals surface area contributed by atoms with Crippen molar-refractivity contribution in [3.63, 3.8) is 0 Å². The Morgan fingerprint density at radius 2 is 2.10 bits per heavy atom. The van der Waals surface area contributed by atoms with Crippen molar-refractivity contribution in [2.24, 2.45) is 0 Å². The van der Waals surface area contributed by atoms with Gasteiger partial charge in [-0.3, -0.25) is 9.69 Å². The first-order chi connectivity index (χ1) is 10.3. The van der Waals surface area contributed by atoms with Gasteiger partial charge in [0.1, 0.15) is 11.6 Å². The summed E-state index contributed by atoms with van der Waals surface area (Å²) >= 11 is 5.53. The lowest BCUT2D eigenvalue weighted by Crippen LogP contribution is -2.37. The highest BCUT2D eigenvalue weighted by Crippen LogP contribution is 1.97. The molecule has 7 heteroatoms. The summed E-state index contributed by atoms with van der Waals surface area (Å²) in [6, 6.07) is 1.90. The van der Waals surface area contributed by atoms with E-state index in [1.54, 1.807) is 0 Å². The molecule has 0 aromatic rings. The fourth-order valence-electron chi connectivity index (χ4n) is 1.92. The van der Waals surface area contributed by atoms with E-state index in [0.29, 0.717) is 18.8 Å². The highest BCUT2D eigenvalue weighted by Gasteiger charge is 2.09. The van der Waals surface area contributed by atoms with Crippen molar-refractivity contribution in [1.29, 1.82) is 5.26 Å². The van der Waals surface area contributed by atoms with Gasteiger partial charge < -0.3 is 15.4 Å². The molecule has 1 aliphatic rings. The van der Waals surface area contributed by atoms with Crippen LogP contribution in [0.5, 0.6) is 0 Å². The van der Waals surface area contributed by atoms with Crippen LogP contribution in [-0.2, 0) is 9.53 Å². The molecule has 0 atom stereocenters. The molecule has 1 fully saturated rings. The lowest BCUT2D eigenvalue weighted by atomic mass is 10.3. The van der Waals surface area contributed by atoms with Gasteiger partial charge in [0, 0.05) is 38.3 Å². The number of morpholine rings is 1. The first-order valence-electron chi connectivity index (χ1n) is 7.26. The van der Waals surface area contributed by atoms with Crippen molar-refractivity contribution in [2.45, 2.75) is 12.8 Å². The predicted molar refractivity (Wildman–Crippen MR) is 81.9 cm³/mol. The zero-order valence-electron chi connectivity index (χ0n) is 12.2. The van der Waals surface area contributed by atoms with Crippen molar-refractivity contribution < 1.29 is 9.53 Å². The van der Waals surface area contributed by atoms with E-state index < -0.39 is 0 Å². The van der Waals surface area contributed by atoms with Crippen LogP contribution in [0.25, 0.3) is 0 Å². The Bertz CT molecular complexity index is 376. The smallest absolute Gasteiger partial charge is 0.263 e. The maximum Gasteiger partial charge on any atom is 0.263 e.